The van der Waals surface area contributed by atoms with Crippen LogP contribution in [0.5, 0.6) is 0 Å². The molecule has 0 aromatic rings. The number of hydrogen-bond acceptors (Lipinski definition) is 4. The van der Waals surface area contributed by atoms with Gasteiger partial charge in [0.05, 0.1) is 18.8 Å². The monoisotopic (exact) mass is 326 g/mol. The van der Waals surface area contributed by atoms with Crippen LogP contribution in [0.2, 0.25) is 0 Å². The van der Waals surface area contributed by atoms with Crippen LogP contribution in [0.15, 0.2) is 0 Å². The van der Waals surface area contributed by atoms with Crippen molar-refractivity contribution in [2.45, 2.75) is 51.2 Å². The van der Waals surface area contributed by atoms with E-state index in [1.807, 2.05) is 23.6 Å². The number of nitrogens with one attached hydrogen (secondary N) is 1. The van der Waals surface area contributed by atoms with Gasteiger partial charge in [0.2, 0.25) is 5.91 Å². The molecule has 7 nitrogen and oxygen atoms in total. The lowest BCUT2D eigenvalue weighted by molar-refractivity contribution is -0.146. The summed E-state index contributed by atoms with van der Waals surface area (Å²) in [6.07, 6.45) is 2.83. The second kappa shape index (κ2) is 7.97. The van der Waals surface area contributed by atoms with Gasteiger partial charge < -0.3 is 25.6 Å². The van der Waals surface area contributed by atoms with Gasteiger partial charge in [-0.05, 0) is 39.7 Å². The summed E-state index contributed by atoms with van der Waals surface area (Å²) in [5, 5.41) is 2.94. The van der Waals surface area contributed by atoms with Crippen LogP contribution in [0.4, 0.5) is 4.79 Å². The van der Waals surface area contributed by atoms with E-state index in [2.05, 4.69) is 5.32 Å². The number of rotatable bonds is 4. The highest BCUT2D eigenvalue weighted by Gasteiger charge is 2.41. The van der Waals surface area contributed by atoms with Gasteiger partial charge in [0, 0.05) is 32.1 Å². The van der Waals surface area contributed by atoms with E-state index in [1.54, 1.807) is 0 Å². The molecule has 0 aromatic carbocycles. The molecule has 0 bridgehead atoms. The third kappa shape index (κ3) is 4.81. The van der Waals surface area contributed by atoms with Crippen LogP contribution >= 0.6 is 0 Å². The molecule has 7 heteroatoms. The van der Waals surface area contributed by atoms with Crippen LogP contribution in [0, 0.1) is 0 Å². The topological polar surface area (TPSA) is 87.9 Å². The number of piperidine rings is 1. The number of morpholine rings is 1. The van der Waals surface area contributed by atoms with E-state index in [-0.39, 0.29) is 23.6 Å². The summed E-state index contributed by atoms with van der Waals surface area (Å²) in [6.45, 7) is 7.65. The van der Waals surface area contributed by atoms with Crippen molar-refractivity contribution in [1.82, 2.24) is 15.1 Å². The van der Waals surface area contributed by atoms with Gasteiger partial charge in [0.25, 0.3) is 0 Å². The van der Waals surface area contributed by atoms with Crippen LogP contribution in [-0.2, 0) is 9.53 Å². The number of nitrogens with zero attached hydrogens (tertiary/aromatic N) is 2. The Morgan fingerprint density at radius 3 is 2.52 bits per heavy atom. The van der Waals surface area contributed by atoms with Crippen molar-refractivity contribution in [3.63, 3.8) is 0 Å². The van der Waals surface area contributed by atoms with E-state index >= 15 is 0 Å². The number of carbonyl (C=O) groups excluding carboxylic acids is 2. The van der Waals surface area contributed by atoms with Gasteiger partial charge in [0.15, 0.2) is 0 Å². The predicted octanol–water partition coefficient (Wildman–Crippen LogP) is 0.537. The highest BCUT2D eigenvalue weighted by atomic mass is 16.5. The first-order valence-electron chi connectivity index (χ1n) is 8.63. The van der Waals surface area contributed by atoms with Gasteiger partial charge in [-0.2, -0.15) is 0 Å². The maximum Gasteiger partial charge on any atom is 0.317 e. The molecule has 0 aromatic heterocycles. The van der Waals surface area contributed by atoms with E-state index in [0.29, 0.717) is 45.8 Å². The Balaban J connectivity index is 1.86. The first-order valence-corrected chi connectivity index (χ1v) is 8.63. The fourth-order valence-electron chi connectivity index (χ4n) is 3.23. The van der Waals surface area contributed by atoms with Crippen molar-refractivity contribution in [2.24, 2.45) is 5.73 Å². The number of amides is 3. The zero-order chi connectivity index (χ0) is 16.9. The highest BCUT2D eigenvalue weighted by Crippen LogP contribution is 2.30. The smallest absolute Gasteiger partial charge is 0.317 e. The third-order valence-corrected chi connectivity index (χ3v) is 4.57. The van der Waals surface area contributed by atoms with Crippen LogP contribution in [0.1, 0.15) is 39.5 Å². The third-order valence-electron chi connectivity index (χ3n) is 4.57. The number of urea groups is 1. The van der Waals surface area contributed by atoms with E-state index < -0.39 is 0 Å². The lowest BCUT2D eigenvalue weighted by atomic mass is 9.89. The predicted molar refractivity (Wildman–Crippen MR) is 88.0 cm³/mol. The van der Waals surface area contributed by atoms with E-state index in [9.17, 15) is 9.59 Å². The Morgan fingerprint density at radius 2 is 1.91 bits per heavy atom. The Bertz CT molecular complexity index is 420. The van der Waals surface area contributed by atoms with E-state index in [0.717, 1.165) is 19.3 Å². The molecule has 2 aliphatic rings. The van der Waals surface area contributed by atoms with Crippen molar-refractivity contribution in [3.8, 4) is 0 Å². The Hall–Kier alpha value is -1.34. The molecule has 2 heterocycles. The Kier molecular flexibility index (Phi) is 6.24. The maximum absolute atomic E-state index is 12.2. The molecule has 2 fully saturated rings. The number of carbonyl (C=O) groups is 2. The minimum absolute atomic E-state index is 0.0240. The van der Waals surface area contributed by atoms with Crippen molar-refractivity contribution in [3.05, 3.63) is 0 Å². The van der Waals surface area contributed by atoms with Gasteiger partial charge >= 0.3 is 6.03 Å². The van der Waals surface area contributed by atoms with Gasteiger partial charge in [0.1, 0.15) is 0 Å². The van der Waals surface area contributed by atoms with Crippen LogP contribution in [0.25, 0.3) is 0 Å². The Morgan fingerprint density at radius 1 is 1.22 bits per heavy atom. The minimum Gasteiger partial charge on any atom is -0.371 e. The highest BCUT2D eigenvalue weighted by molar-refractivity contribution is 5.76. The molecular weight excluding hydrogens is 296 g/mol. The summed E-state index contributed by atoms with van der Waals surface area (Å²) in [7, 11) is 0. The molecule has 23 heavy (non-hydrogen) atoms. The second-order valence-electron chi connectivity index (χ2n) is 6.83. The van der Waals surface area contributed by atoms with E-state index in [1.165, 1.54) is 0 Å². The molecule has 3 N–H and O–H groups in total. The normalized spacial score (nSPS) is 20.9. The summed E-state index contributed by atoms with van der Waals surface area (Å²) in [5.74, 6) is 0.176. The molecular formula is C16H30N4O3. The number of nitrogens with two attached hydrogens (primary N) is 1. The number of hydrogen-bond donors (Lipinski definition) is 2. The molecule has 0 saturated carbocycles. The average Bonchev–Trinajstić information content (AvgIpc) is 2.53. The summed E-state index contributed by atoms with van der Waals surface area (Å²) >= 11 is 0. The largest absolute Gasteiger partial charge is 0.371 e. The summed E-state index contributed by atoms with van der Waals surface area (Å²) in [4.78, 5) is 28.0. The lowest BCUT2D eigenvalue weighted by Crippen LogP contribution is -2.60. The number of ether oxygens (including phenoxy) is 1. The van der Waals surface area contributed by atoms with Crippen molar-refractivity contribution in [2.75, 3.05) is 39.3 Å². The van der Waals surface area contributed by atoms with Crippen LogP contribution < -0.4 is 11.1 Å². The fourth-order valence-corrected chi connectivity index (χ4v) is 3.23. The molecule has 0 unspecified atom stereocenters. The summed E-state index contributed by atoms with van der Waals surface area (Å²) in [6, 6.07) is 0.104. The molecule has 0 radical (unpaired) electrons. The first kappa shape index (κ1) is 18.0. The van der Waals surface area contributed by atoms with Gasteiger partial charge in [-0.15, -0.1) is 0 Å². The molecule has 2 aliphatic heterocycles. The van der Waals surface area contributed by atoms with Gasteiger partial charge in [-0.1, -0.05) is 0 Å². The summed E-state index contributed by atoms with van der Waals surface area (Å²) in [5.41, 5.74) is 5.17. The molecule has 2 saturated heterocycles. The van der Waals surface area contributed by atoms with Crippen LogP contribution in [-0.4, -0.2) is 72.7 Å². The second-order valence-corrected chi connectivity index (χ2v) is 6.83. The standard InChI is InChI=1S/C16H30N4O3/c1-13(2)18-15(22)20-10-11-23-16(12-20)5-8-19(9-6-16)14(21)4-3-7-17/h13H,3-12,17H2,1-2H3,(H,18,22). The molecule has 0 aliphatic carbocycles. The zero-order valence-electron chi connectivity index (χ0n) is 14.3. The quantitative estimate of drug-likeness (QED) is 0.789. The SMILES string of the molecule is CC(C)NC(=O)N1CCOC2(CCN(C(=O)CCCN)CC2)C1. The average molecular weight is 326 g/mol. The fraction of sp³-hybridized carbons (Fsp3) is 0.875. The molecule has 2 rings (SSSR count). The summed E-state index contributed by atoms with van der Waals surface area (Å²) < 4.78 is 6.02. The minimum atomic E-state index is -0.294. The molecule has 3 amide bonds. The first-order chi connectivity index (χ1) is 11.0. The molecule has 132 valence electrons. The van der Waals surface area contributed by atoms with Gasteiger partial charge in [-0.25, -0.2) is 4.79 Å². The van der Waals surface area contributed by atoms with E-state index in [4.69, 9.17) is 10.5 Å². The number of likely N-dealkylation sites (tertiary alicyclic amines) is 1. The van der Waals surface area contributed by atoms with Gasteiger partial charge in [-0.3, -0.25) is 4.79 Å². The van der Waals surface area contributed by atoms with Crippen molar-refractivity contribution < 1.29 is 14.3 Å². The lowest BCUT2D eigenvalue weighted by Gasteiger charge is -2.47. The van der Waals surface area contributed by atoms with Crippen molar-refractivity contribution in [1.29, 1.82) is 0 Å². The molecule has 1 spiro atoms. The van der Waals surface area contributed by atoms with Crippen molar-refractivity contribution >= 4 is 11.9 Å². The Labute approximate surface area is 138 Å². The van der Waals surface area contributed by atoms with Crippen LogP contribution in [0.3, 0.4) is 0 Å². The zero-order valence-corrected chi connectivity index (χ0v) is 14.3. The molecule has 0 atom stereocenters. The maximum atomic E-state index is 12.2.